The summed E-state index contributed by atoms with van der Waals surface area (Å²) in [5.41, 5.74) is 2.23. The van der Waals surface area contributed by atoms with Gasteiger partial charge in [0.25, 0.3) is 0 Å². The van der Waals surface area contributed by atoms with Gasteiger partial charge in [-0.15, -0.1) is 24.0 Å². The monoisotopic (exact) mass is 497 g/mol. The molecule has 0 atom stereocenters. The Labute approximate surface area is 185 Å². The zero-order valence-electron chi connectivity index (χ0n) is 17.1. The molecule has 2 aromatic heterocycles. The third kappa shape index (κ3) is 6.35. The Morgan fingerprint density at radius 1 is 1.21 bits per heavy atom. The Kier molecular flexibility index (Phi) is 9.01. The van der Waals surface area contributed by atoms with Crippen LogP contribution in [0.2, 0.25) is 0 Å². The van der Waals surface area contributed by atoms with E-state index in [1.165, 1.54) is 12.8 Å². The molecule has 1 aliphatic rings. The van der Waals surface area contributed by atoms with Gasteiger partial charge in [-0.1, -0.05) is 13.0 Å². The first-order valence-corrected chi connectivity index (χ1v) is 9.84. The van der Waals surface area contributed by atoms with Crippen molar-refractivity contribution in [3.63, 3.8) is 0 Å². The lowest BCUT2D eigenvalue weighted by Gasteiger charge is -2.31. The van der Waals surface area contributed by atoms with E-state index in [0.717, 1.165) is 48.6 Å². The Bertz CT molecular complexity index is 733. The first-order chi connectivity index (χ1) is 13.2. The molecule has 0 radical (unpaired) electrons. The highest BCUT2D eigenvalue weighted by atomic mass is 127. The molecule has 0 bridgehead atoms. The van der Waals surface area contributed by atoms with Gasteiger partial charge in [0, 0.05) is 39.1 Å². The Morgan fingerprint density at radius 3 is 2.61 bits per heavy atom. The van der Waals surface area contributed by atoms with Crippen LogP contribution in [0.4, 0.5) is 5.82 Å². The summed E-state index contributed by atoms with van der Waals surface area (Å²) in [5, 5.41) is 10.8. The van der Waals surface area contributed by atoms with Crippen molar-refractivity contribution in [3.8, 4) is 0 Å². The molecule has 0 spiro atoms. The lowest BCUT2D eigenvalue weighted by Crippen LogP contribution is -2.37. The summed E-state index contributed by atoms with van der Waals surface area (Å²) in [7, 11) is 1.94. The molecule has 8 heteroatoms. The van der Waals surface area contributed by atoms with Crippen molar-refractivity contribution >= 4 is 35.8 Å². The molecule has 1 saturated heterocycles. The van der Waals surface area contributed by atoms with Gasteiger partial charge in [-0.3, -0.25) is 4.68 Å². The maximum Gasteiger partial charge on any atom is 0.191 e. The summed E-state index contributed by atoms with van der Waals surface area (Å²) in [6.07, 6.45) is 6.25. The van der Waals surface area contributed by atoms with E-state index in [9.17, 15) is 0 Å². The van der Waals surface area contributed by atoms with Crippen molar-refractivity contribution in [1.82, 2.24) is 25.4 Å². The fourth-order valence-corrected chi connectivity index (χ4v) is 3.20. The zero-order chi connectivity index (χ0) is 19.1. The maximum absolute atomic E-state index is 4.68. The number of nitrogens with zero attached hydrogens (tertiary/aromatic N) is 5. The lowest BCUT2D eigenvalue weighted by atomic mass is 9.99. The summed E-state index contributed by atoms with van der Waals surface area (Å²) in [6.45, 7) is 8.72. The number of guanidine groups is 1. The van der Waals surface area contributed by atoms with Gasteiger partial charge in [0.1, 0.15) is 5.82 Å². The number of rotatable bonds is 6. The van der Waals surface area contributed by atoms with Gasteiger partial charge < -0.3 is 15.5 Å². The van der Waals surface area contributed by atoms with Gasteiger partial charge in [-0.25, -0.2) is 9.98 Å². The van der Waals surface area contributed by atoms with Crippen molar-refractivity contribution in [1.29, 1.82) is 0 Å². The van der Waals surface area contributed by atoms with Crippen molar-refractivity contribution in [3.05, 3.63) is 41.9 Å². The van der Waals surface area contributed by atoms with Crippen LogP contribution < -0.4 is 15.5 Å². The molecule has 2 N–H and O–H groups in total. The second kappa shape index (κ2) is 11.2. The highest BCUT2D eigenvalue weighted by Gasteiger charge is 2.16. The number of aliphatic imine (C=N–C) groups is 1. The summed E-state index contributed by atoms with van der Waals surface area (Å²) in [4.78, 5) is 11.7. The molecule has 154 valence electrons. The van der Waals surface area contributed by atoms with Crippen LogP contribution in [0.15, 0.2) is 35.6 Å². The molecule has 2 aromatic rings. The third-order valence-corrected chi connectivity index (χ3v) is 5.04. The molecule has 0 aromatic carbocycles. The predicted molar refractivity (Wildman–Crippen MR) is 125 cm³/mol. The number of aromatic nitrogens is 3. The minimum Gasteiger partial charge on any atom is -0.357 e. The van der Waals surface area contributed by atoms with Crippen LogP contribution in [-0.2, 0) is 20.1 Å². The average molecular weight is 497 g/mol. The number of pyridine rings is 1. The SMILES string of the molecule is CCNC(=NCc1ccc(N2CCC(C)CC2)nc1)NCc1ccnn1C.I. The molecular weight excluding hydrogens is 465 g/mol. The quantitative estimate of drug-likeness (QED) is 0.365. The van der Waals surface area contributed by atoms with Crippen molar-refractivity contribution < 1.29 is 0 Å². The number of hydrogen-bond donors (Lipinski definition) is 2. The molecule has 3 heterocycles. The number of piperidine rings is 1. The van der Waals surface area contributed by atoms with Gasteiger partial charge in [0.05, 0.1) is 18.8 Å². The highest BCUT2D eigenvalue weighted by molar-refractivity contribution is 14.0. The van der Waals surface area contributed by atoms with E-state index in [0.29, 0.717) is 13.1 Å². The number of hydrogen-bond acceptors (Lipinski definition) is 4. The Morgan fingerprint density at radius 2 is 2.00 bits per heavy atom. The summed E-state index contributed by atoms with van der Waals surface area (Å²) >= 11 is 0. The van der Waals surface area contributed by atoms with Crippen LogP contribution in [0.25, 0.3) is 0 Å². The van der Waals surface area contributed by atoms with Crippen LogP contribution in [0, 0.1) is 5.92 Å². The fraction of sp³-hybridized carbons (Fsp3) is 0.550. The molecule has 28 heavy (non-hydrogen) atoms. The standard InChI is InChI=1S/C20H31N7.HI/c1-4-21-20(24-15-18-7-10-25-26(18)3)23-14-17-5-6-19(22-13-17)27-11-8-16(2)9-12-27;/h5-7,10,13,16H,4,8-9,11-12,14-15H2,1-3H3,(H2,21,23,24);1H. The van der Waals surface area contributed by atoms with Crippen molar-refractivity contribution in [2.75, 3.05) is 24.5 Å². The molecule has 0 aliphatic carbocycles. The number of aryl methyl sites for hydroxylation is 1. The third-order valence-electron chi connectivity index (χ3n) is 5.04. The molecule has 7 nitrogen and oxygen atoms in total. The van der Waals surface area contributed by atoms with Crippen LogP contribution in [-0.4, -0.2) is 40.4 Å². The second-order valence-electron chi connectivity index (χ2n) is 7.19. The van der Waals surface area contributed by atoms with Crippen LogP contribution in [0.1, 0.15) is 37.9 Å². The largest absolute Gasteiger partial charge is 0.357 e. The summed E-state index contributed by atoms with van der Waals surface area (Å²) < 4.78 is 1.86. The molecule has 0 saturated carbocycles. The van der Waals surface area contributed by atoms with Gasteiger partial charge >= 0.3 is 0 Å². The first kappa shape index (κ1) is 22.4. The highest BCUT2D eigenvalue weighted by Crippen LogP contribution is 2.21. The van der Waals surface area contributed by atoms with Gasteiger partial charge in [0.2, 0.25) is 0 Å². The zero-order valence-corrected chi connectivity index (χ0v) is 19.4. The predicted octanol–water partition coefficient (Wildman–Crippen LogP) is 2.92. The van der Waals surface area contributed by atoms with Crippen LogP contribution >= 0.6 is 24.0 Å². The van der Waals surface area contributed by atoms with Crippen LogP contribution in [0.3, 0.4) is 0 Å². The minimum atomic E-state index is 0. The molecular formula is C20H32IN7. The smallest absolute Gasteiger partial charge is 0.191 e. The average Bonchev–Trinajstić information content (AvgIpc) is 3.10. The number of nitrogens with one attached hydrogen (secondary N) is 2. The van der Waals surface area contributed by atoms with Crippen LogP contribution in [0.5, 0.6) is 0 Å². The Hall–Kier alpha value is -1.84. The topological polar surface area (TPSA) is 70.4 Å². The number of halogens is 1. The summed E-state index contributed by atoms with van der Waals surface area (Å²) in [6, 6.07) is 6.26. The van der Waals surface area contributed by atoms with Gasteiger partial charge in [-0.2, -0.15) is 5.10 Å². The van der Waals surface area contributed by atoms with Crippen molar-refractivity contribution in [2.24, 2.45) is 18.0 Å². The van der Waals surface area contributed by atoms with E-state index in [1.54, 1.807) is 6.20 Å². The fourth-order valence-electron chi connectivity index (χ4n) is 3.20. The van der Waals surface area contributed by atoms with E-state index >= 15 is 0 Å². The molecule has 1 fully saturated rings. The minimum absolute atomic E-state index is 0. The maximum atomic E-state index is 4.68. The van der Waals surface area contributed by atoms with E-state index in [2.05, 4.69) is 56.6 Å². The van der Waals surface area contributed by atoms with Gasteiger partial charge in [-0.05, 0) is 43.4 Å². The molecule has 0 unspecified atom stereocenters. The van der Waals surface area contributed by atoms with Gasteiger partial charge in [0.15, 0.2) is 5.96 Å². The lowest BCUT2D eigenvalue weighted by molar-refractivity contribution is 0.436. The molecule has 0 amide bonds. The molecule has 1 aliphatic heterocycles. The van der Waals surface area contributed by atoms with E-state index < -0.39 is 0 Å². The first-order valence-electron chi connectivity index (χ1n) is 9.84. The van der Waals surface area contributed by atoms with E-state index in [4.69, 9.17) is 0 Å². The van der Waals surface area contributed by atoms with E-state index in [1.807, 2.05) is 24.0 Å². The van der Waals surface area contributed by atoms with E-state index in [-0.39, 0.29) is 24.0 Å². The van der Waals surface area contributed by atoms with Crippen molar-refractivity contribution in [2.45, 2.75) is 39.8 Å². The number of anilines is 1. The summed E-state index contributed by atoms with van der Waals surface area (Å²) in [5.74, 6) is 2.71. The second-order valence-corrected chi connectivity index (χ2v) is 7.19. The normalized spacial score (nSPS) is 15.2. The molecule has 3 rings (SSSR count). The Balaban J connectivity index is 0.00000280.